The van der Waals surface area contributed by atoms with E-state index in [2.05, 4.69) is 13.5 Å². The highest BCUT2D eigenvalue weighted by Gasteiger charge is 2.28. The van der Waals surface area contributed by atoms with E-state index < -0.39 is 0 Å². The SMILES string of the molecule is C=CCC(CCC)(COCC)COCC. The van der Waals surface area contributed by atoms with Gasteiger partial charge in [-0.2, -0.15) is 0 Å². The number of allylic oxidation sites excluding steroid dienone is 1. The van der Waals surface area contributed by atoms with Crippen LogP contribution in [-0.2, 0) is 9.47 Å². The summed E-state index contributed by atoms with van der Waals surface area (Å²) in [6, 6.07) is 0. The number of rotatable bonds is 10. The molecule has 0 heterocycles. The molecule has 0 atom stereocenters. The first-order valence-corrected chi connectivity index (χ1v) is 6.01. The lowest BCUT2D eigenvalue weighted by Gasteiger charge is -2.32. The van der Waals surface area contributed by atoms with Crippen molar-refractivity contribution in [2.75, 3.05) is 26.4 Å². The van der Waals surface area contributed by atoms with E-state index in [4.69, 9.17) is 9.47 Å². The van der Waals surface area contributed by atoms with Gasteiger partial charge in [0.1, 0.15) is 0 Å². The fraction of sp³-hybridized carbons (Fsp3) is 0.846. The molecular weight excluding hydrogens is 188 g/mol. The topological polar surface area (TPSA) is 18.5 Å². The number of hydrogen-bond acceptors (Lipinski definition) is 2. The first-order valence-electron chi connectivity index (χ1n) is 6.01. The van der Waals surface area contributed by atoms with Crippen molar-refractivity contribution in [3.8, 4) is 0 Å². The van der Waals surface area contributed by atoms with Crippen LogP contribution >= 0.6 is 0 Å². The highest BCUT2D eigenvalue weighted by atomic mass is 16.5. The second kappa shape index (κ2) is 8.93. The van der Waals surface area contributed by atoms with E-state index in [0.29, 0.717) is 0 Å². The third-order valence-electron chi connectivity index (χ3n) is 2.58. The monoisotopic (exact) mass is 214 g/mol. The summed E-state index contributed by atoms with van der Waals surface area (Å²) in [7, 11) is 0. The molecule has 0 fully saturated rings. The lowest BCUT2D eigenvalue weighted by atomic mass is 9.81. The number of ether oxygens (including phenoxy) is 2. The molecule has 0 radical (unpaired) electrons. The van der Waals surface area contributed by atoms with Gasteiger partial charge in [0.15, 0.2) is 0 Å². The smallest absolute Gasteiger partial charge is 0.0547 e. The standard InChI is InChI=1S/C13H26O2/c1-5-9-13(10-6-2,11-14-7-3)12-15-8-4/h5H,1,6-12H2,2-4H3. The van der Waals surface area contributed by atoms with E-state index in [1.165, 1.54) is 0 Å². The van der Waals surface area contributed by atoms with Crippen LogP contribution in [0.5, 0.6) is 0 Å². The largest absolute Gasteiger partial charge is 0.381 e. The molecule has 0 N–H and O–H groups in total. The molecule has 0 bridgehead atoms. The zero-order valence-electron chi connectivity index (χ0n) is 10.6. The molecule has 0 amide bonds. The molecule has 0 aliphatic carbocycles. The van der Waals surface area contributed by atoms with Crippen LogP contribution in [0.4, 0.5) is 0 Å². The van der Waals surface area contributed by atoms with E-state index in [1.54, 1.807) is 0 Å². The van der Waals surface area contributed by atoms with Crippen molar-refractivity contribution in [3.63, 3.8) is 0 Å². The summed E-state index contributed by atoms with van der Waals surface area (Å²) in [5.74, 6) is 0. The second-order valence-electron chi connectivity index (χ2n) is 4.02. The van der Waals surface area contributed by atoms with Gasteiger partial charge in [-0.05, 0) is 26.7 Å². The van der Waals surface area contributed by atoms with Crippen molar-refractivity contribution in [1.82, 2.24) is 0 Å². The summed E-state index contributed by atoms with van der Waals surface area (Å²) in [5.41, 5.74) is 0.141. The second-order valence-corrected chi connectivity index (χ2v) is 4.02. The molecule has 0 saturated heterocycles. The van der Waals surface area contributed by atoms with Crippen molar-refractivity contribution >= 4 is 0 Å². The predicted molar refractivity (Wildman–Crippen MR) is 65.1 cm³/mol. The van der Waals surface area contributed by atoms with Gasteiger partial charge in [0, 0.05) is 18.6 Å². The van der Waals surface area contributed by atoms with Gasteiger partial charge in [-0.3, -0.25) is 0 Å². The summed E-state index contributed by atoms with van der Waals surface area (Å²) in [6.45, 7) is 13.2. The summed E-state index contributed by atoms with van der Waals surface area (Å²) in [4.78, 5) is 0. The lowest BCUT2D eigenvalue weighted by molar-refractivity contribution is -0.0204. The fourth-order valence-corrected chi connectivity index (χ4v) is 1.88. The minimum Gasteiger partial charge on any atom is -0.381 e. The van der Waals surface area contributed by atoms with E-state index in [9.17, 15) is 0 Å². The first-order chi connectivity index (χ1) is 7.24. The molecule has 2 nitrogen and oxygen atoms in total. The molecule has 15 heavy (non-hydrogen) atoms. The average molecular weight is 214 g/mol. The quantitative estimate of drug-likeness (QED) is 0.519. The zero-order chi connectivity index (χ0) is 11.6. The highest BCUT2D eigenvalue weighted by Crippen LogP contribution is 2.29. The zero-order valence-corrected chi connectivity index (χ0v) is 10.6. The van der Waals surface area contributed by atoms with Gasteiger partial charge in [0.25, 0.3) is 0 Å². The van der Waals surface area contributed by atoms with Gasteiger partial charge in [0.05, 0.1) is 13.2 Å². The molecular formula is C13H26O2. The van der Waals surface area contributed by atoms with Crippen molar-refractivity contribution < 1.29 is 9.47 Å². The molecule has 0 aliphatic heterocycles. The Labute approximate surface area is 94.7 Å². The Balaban J connectivity index is 4.32. The molecule has 0 saturated carbocycles. The van der Waals surface area contributed by atoms with Crippen LogP contribution in [0.25, 0.3) is 0 Å². The third kappa shape index (κ3) is 5.95. The van der Waals surface area contributed by atoms with Crippen LogP contribution in [0.2, 0.25) is 0 Å². The predicted octanol–water partition coefficient (Wildman–Crippen LogP) is 3.42. The fourth-order valence-electron chi connectivity index (χ4n) is 1.88. The maximum absolute atomic E-state index is 5.57. The Morgan fingerprint density at radius 2 is 1.60 bits per heavy atom. The average Bonchev–Trinajstić information content (AvgIpc) is 2.24. The van der Waals surface area contributed by atoms with Gasteiger partial charge in [0.2, 0.25) is 0 Å². The summed E-state index contributed by atoms with van der Waals surface area (Å²) >= 11 is 0. The van der Waals surface area contributed by atoms with Gasteiger partial charge in [-0.25, -0.2) is 0 Å². The molecule has 0 unspecified atom stereocenters. The lowest BCUT2D eigenvalue weighted by Crippen LogP contribution is -2.32. The maximum atomic E-state index is 5.57. The molecule has 0 rings (SSSR count). The van der Waals surface area contributed by atoms with Crippen LogP contribution in [-0.4, -0.2) is 26.4 Å². The van der Waals surface area contributed by atoms with E-state index >= 15 is 0 Å². The van der Waals surface area contributed by atoms with Gasteiger partial charge in [-0.15, -0.1) is 6.58 Å². The molecule has 0 spiro atoms. The Hall–Kier alpha value is -0.340. The molecule has 0 aromatic heterocycles. The van der Waals surface area contributed by atoms with Gasteiger partial charge < -0.3 is 9.47 Å². The minimum absolute atomic E-state index is 0.141. The normalized spacial score (nSPS) is 11.7. The molecule has 90 valence electrons. The van der Waals surface area contributed by atoms with E-state index in [1.807, 2.05) is 19.9 Å². The molecule has 0 aliphatic rings. The highest BCUT2D eigenvalue weighted by molar-refractivity contribution is 4.86. The Kier molecular flexibility index (Phi) is 8.73. The number of hydrogen-bond donors (Lipinski definition) is 0. The van der Waals surface area contributed by atoms with Crippen molar-refractivity contribution in [1.29, 1.82) is 0 Å². The van der Waals surface area contributed by atoms with Crippen molar-refractivity contribution in [2.45, 2.75) is 40.0 Å². The third-order valence-corrected chi connectivity index (χ3v) is 2.58. The van der Waals surface area contributed by atoms with Gasteiger partial charge >= 0.3 is 0 Å². The summed E-state index contributed by atoms with van der Waals surface area (Å²) in [6.07, 6.45) is 5.25. The Morgan fingerprint density at radius 3 is 1.93 bits per heavy atom. The molecule has 2 heteroatoms. The van der Waals surface area contributed by atoms with E-state index in [-0.39, 0.29) is 5.41 Å². The van der Waals surface area contributed by atoms with Crippen LogP contribution < -0.4 is 0 Å². The van der Waals surface area contributed by atoms with Crippen molar-refractivity contribution in [3.05, 3.63) is 12.7 Å². The van der Waals surface area contributed by atoms with E-state index in [0.717, 1.165) is 45.7 Å². The summed E-state index contributed by atoms with van der Waals surface area (Å²) < 4.78 is 11.1. The summed E-state index contributed by atoms with van der Waals surface area (Å²) in [5, 5.41) is 0. The Bertz CT molecular complexity index is 147. The maximum Gasteiger partial charge on any atom is 0.0547 e. The van der Waals surface area contributed by atoms with Crippen molar-refractivity contribution in [2.24, 2.45) is 5.41 Å². The van der Waals surface area contributed by atoms with Gasteiger partial charge in [-0.1, -0.05) is 19.4 Å². The van der Waals surface area contributed by atoms with Crippen LogP contribution in [0.1, 0.15) is 40.0 Å². The molecule has 0 aromatic carbocycles. The Morgan fingerprint density at radius 1 is 1.07 bits per heavy atom. The van der Waals surface area contributed by atoms with Crippen LogP contribution in [0.15, 0.2) is 12.7 Å². The minimum atomic E-state index is 0.141. The van der Waals surface area contributed by atoms with Crippen LogP contribution in [0, 0.1) is 5.41 Å². The van der Waals surface area contributed by atoms with Crippen LogP contribution in [0.3, 0.4) is 0 Å². The molecule has 0 aromatic rings. The first kappa shape index (κ1) is 14.7.